The number of hydrogen-bond acceptors (Lipinski definition) is 3. The Hall–Kier alpha value is -0.620. The van der Waals surface area contributed by atoms with Gasteiger partial charge in [-0.05, 0) is 6.42 Å². The van der Waals surface area contributed by atoms with Gasteiger partial charge in [-0.1, -0.05) is 20.8 Å². The van der Waals surface area contributed by atoms with E-state index < -0.39 is 15.4 Å². The predicted molar refractivity (Wildman–Crippen MR) is 67.1 cm³/mol. The normalized spacial score (nSPS) is 20.1. The van der Waals surface area contributed by atoms with Crippen LogP contribution in [0.15, 0.2) is 0 Å². The minimum atomic E-state index is -3.14. The third kappa shape index (κ3) is 3.96. The number of sulfonamides is 1. The van der Waals surface area contributed by atoms with Gasteiger partial charge in [-0.3, -0.25) is 4.79 Å². The molecule has 1 fully saturated rings. The molecule has 0 spiro atoms. The largest absolute Gasteiger partial charge is 0.341 e. The van der Waals surface area contributed by atoms with Gasteiger partial charge in [0.2, 0.25) is 15.9 Å². The first-order valence-corrected chi connectivity index (χ1v) is 7.72. The molecule has 0 aromatic rings. The SMILES string of the molecule is CC(C)(C)C(=O)N1CCCN(S(C)(=O)=O)CC1. The van der Waals surface area contributed by atoms with E-state index in [9.17, 15) is 13.2 Å². The average Bonchev–Trinajstić information content (AvgIpc) is 2.38. The van der Waals surface area contributed by atoms with Crippen molar-refractivity contribution in [2.75, 3.05) is 32.4 Å². The van der Waals surface area contributed by atoms with Gasteiger partial charge in [-0.25, -0.2) is 12.7 Å². The number of hydrogen-bond donors (Lipinski definition) is 0. The van der Waals surface area contributed by atoms with Gasteiger partial charge in [-0.2, -0.15) is 0 Å². The highest BCUT2D eigenvalue weighted by atomic mass is 32.2. The summed E-state index contributed by atoms with van der Waals surface area (Å²) < 4.78 is 24.3. The van der Waals surface area contributed by atoms with Crippen LogP contribution in [0.4, 0.5) is 0 Å². The molecule has 0 atom stereocenters. The van der Waals surface area contributed by atoms with E-state index in [0.29, 0.717) is 32.6 Å². The molecule has 0 aromatic heterocycles. The molecule has 1 rings (SSSR count). The maximum Gasteiger partial charge on any atom is 0.227 e. The number of carbonyl (C=O) groups is 1. The average molecular weight is 262 g/mol. The van der Waals surface area contributed by atoms with Gasteiger partial charge in [0, 0.05) is 31.6 Å². The zero-order valence-corrected chi connectivity index (χ0v) is 11.9. The lowest BCUT2D eigenvalue weighted by atomic mass is 9.94. The fraction of sp³-hybridized carbons (Fsp3) is 0.909. The van der Waals surface area contributed by atoms with Crippen LogP contribution in [0, 0.1) is 5.41 Å². The van der Waals surface area contributed by atoms with Crippen molar-refractivity contribution >= 4 is 15.9 Å². The van der Waals surface area contributed by atoms with Crippen LogP contribution in [0.3, 0.4) is 0 Å². The molecule has 1 saturated heterocycles. The summed E-state index contributed by atoms with van der Waals surface area (Å²) in [6, 6.07) is 0. The summed E-state index contributed by atoms with van der Waals surface area (Å²) in [6.07, 6.45) is 1.92. The third-order valence-electron chi connectivity index (χ3n) is 2.85. The van der Waals surface area contributed by atoms with Gasteiger partial charge in [0.05, 0.1) is 6.26 Å². The van der Waals surface area contributed by atoms with Crippen LogP contribution >= 0.6 is 0 Å². The second kappa shape index (κ2) is 4.94. The highest BCUT2D eigenvalue weighted by molar-refractivity contribution is 7.88. The summed E-state index contributed by atoms with van der Waals surface area (Å²) in [5.41, 5.74) is -0.403. The first-order chi connectivity index (χ1) is 7.62. The molecular formula is C11H22N2O3S. The van der Waals surface area contributed by atoms with Crippen LogP contribution in [0.5, 0.6) is 0 Å². The Bertz CT molecular complexity index is 384. The van der Waals surface area contributed by atoms with Crippen molar-refractivity contribution in [2.24, 2.45) is 5.41 Å². The Balaban J connectivity index is 2.69. The van der Waals surface area contributed by atoms with Crippen LogP contribution in [0.1, 0.15) is 27.2 Å². The molecule has 0 bridgehead atoms. The van der Waals surface area contributed by atoms with E-state index in [4.69, 9.17) is 0 Å². The lowest BCUT2D eigenvalue weighted by Gasteiger charge is -2.28. The Labute approximate surface area is 104 Å². The molecule has 1 heterocycles. The van der Waals surface area contributed by atoms with Crippen LogP contribution in [0.2, 0.25) is 0 Å². The van der Waals surface area contributed by atoms with Gasteiger partial charge in [-0.15, -0.1) is 0 Å². The molecule has 17 heavy (non-hydrogen) atoms. The van der Waals surface area contributed by atoms with Crippen molar-refractivity contribution < 1.29 is 13.2 Å². The van der Waals surface area contributed by atoms with Crippen LogP contribution < -0.4 is 0 Å². The van der Waals surface area contributed by atoms with Gasteiger partial charge < -0.3 is 4.90 Å². The topological polar surface area (TPSA) is 57.7 Å². The van der Waals surface area contributed by atoms with E-state index in [-0.39, 0.29) is 5.91 Å². The molecule has 1 aliphatic rings. The molecule has 0 aromatic carbocycles. The Kier molecular flexibility index (Phi) is 4.19. The fourth-order valence-electron chi connectivity index (χ4n) is 1.90. The Morgan fingerprint density at radius 2 is 1.65 bits per heavy atom. The van der Waals surface area contributed by atoms with Gasteiger partial charge in [0.15, 0.2) is 0 Å². The predicted octanol–water partition coefficient (Wildman–Crippen LogP) is 0.526. The Morgan fingerprint density at radius 3 is 2.12 bits per heavy atom. The van der Waals surface area contributed by atoms with Crippen LogP contribution in [-0.2, 0) is 14.8 Å². The van der Waals surface area contributed by atoms with Crippen molar-refractivity contribution in [3.05, 3.63) is 0 Å². The number of carbonyl (C=O) groups excluding carboxylic acids is 1. The molecule has 0 saturated carbocycles. The second-order valence-corrected chi connectivity index (χ2v) is 7.54. The van der Waals surface area contributed by atoms with E-state index >= 15 is 0 Å². The van der Waals surface area contributed by atoms with Crippen molar-refractivity contribution in [1.82, 2.24) is 9.21 Å². The monoisotopic (exact) mass is 262 g/mol. The first kappa shape index (κ1) is 14.4. The molecule has 1 aliphatic heterocycles. The van der Waals surface area contributed by atoms with Gasteiger partial charge in [0.25, 0.3) is 0 Å². The van der Waals surface area contributed by atoms with E-state index in [1.165, 1.54) is 10.6 Å². The van der Waals surface area contributed by atoms with Crippen LogP contribution in [0.25, 0.3) is 0 Å². The highest BCUT2D eigenvalue weighted by Crippen LogP contribution is 2.19. The zero-order valence-electron chi connectivity index (χ0n) is 11.1. The standard InChI is InChI=1S/C11H22N2O3S/c1-11(2,3)10(14)12-6-5-7-13(9-8-12)17(4,15)16/h5-9H2,1-4H3. The summed E-state index contributed by atoms with van der Waals surface area (Å²) >= 11 is 0. The van der Waals surface area contributed by atoms with E-state index in [1.54, 1.807) is 4.90 Å². The van der Waals surface area contributed by atoms with Crippen molar-refractivity contribution in [1.29, 1.82) is 0 Å². The van der Waals surface area contributed by atoms with Gasteiger partial charge in [0.1, 0.15) is 0 Å². The molecule has 5 nitrogen and oxygen atoms in total. The second-order valence-electron chi connectivity index (χ2n) is 5.56. The van der Waals surface area contributed by atoms with E-state index in [2.05, 4.69) is 0 Å². The maximum atomic E-state index is 12.1. The van der Waals surface area contributed by atoms with Crippen molar-refractivity contribution in [3.63, 3.8) is 0 Å². The lowest BCUT2D eigenvalue weighted by molar-refractivity contribution is -0.139. The Morgan fingerprint density at radius 1 is 1.06 bits per heavy atom. The highest BCUT2D eigenvalue weighted by Gasteiger charge is 2.29. The molecule has 0 unspecified atom stereocenters. The maximum absolute atomic E-state index is 12.1. The summed E-state index contributed by atoms with van der Waals surface area (Å²) in [5.74, 6) is 0.0906. The van der Waals surface area contributed by atoms with Crippen LogP contribution in [-0.4, -0.2) is 56.0 Å². The number of rotatable bonds is 1. The molecule has 6 heteroatoms. The first-order valence-electron chi connectivity index (χ1n) is 5.87. The minimum Gasteiger partial charge on any atom is -0.341 e. The van der Waals surface area contributed by atoms with Gasteiger partial charge >= 0.3 is 0 Å². The number of nitrogens with zero attached hydrogens (tertiary/aromatic N) is 2. The summed E-state index contributed by atoms with van der Waals surface area (Å²) in [4.78, 5) is 13.9. The van der Waals surface area contributed by atoms with Crippen molar-refractivity contribution in [2.45, 2.75) is 27.2 Å². The van der Waals surface area contributed by atoms with E-state index in [1.807, 2.05) is 20.8 Å². The number of amides is 1. The third-order valence-corrected chi connectivity index (χ3v) is 4.16. The molecular weight excluding hydrogens is 240 g/mol. The molecule has 1 amide bonds. The molecule has 0 radical (unpaired) electrons. The summed E-state index contributed by atoms with van der Waals surface area (Å²) in [5, 5.41) is 0. The summed E-state index contributed by atoms with van der Waals surface area (Å²) in [7, 11) is -3.14. The fourth-order valence-corrected chi connectivity index (χ4v) is 2.78. The minimum absolute atomic E-state index is 0.0906. The van der Waals surface area contributed by atoms with Crippen molar-refractivity contribution in [3.8, 4) is 0 Å². The summed E-state index contributed by atoms with van der Waals surface area (Å²) in [6.45, 7) is 7.69. The molecule has 100 valence electrons. The van der Waals surface area contributed by atoms with E-state index in [0.717, 1.165) is 0 Å². The quantitative estimate of drug-likeness (QED) is 0.692. The smallest absolute Gasteiger partial charge is 0.227 e. The molecule has 0 N–H and O–H groups in total. The zero-order chi connectivity index (χ0) is 13.3. The molecule has 0 aliphatic carbocycles. The lowest BCUT2D eigenvalue weighted by Crippen LogP contribution is -2.42.